The van der Waals surface area contributed by atoms with Gasteiger partial charge in [0.25, 0.3) is 5.91 Å². The highest BCUT2D eigenvalue weighted by Gasteiger charge is 2.19. The van der Waals surface area contributed by atoms with Crippen LogP contribution >= 0.6 is 0 Å². The number of hydrogen-bond acceptors (Lipinski definition) is 5. The average molecular weight is 379 g/mol. The van der Waals surface area contributed by atoms with Gasteiger partial charge in [0.1, 0.15) is 0 Å². The molecule has 142 valence electrons. The normalized spacial score (nSPS) is 10.3. The van der Waals surface area contributed by atoms with Gasteiger partial charge in [0, 0.05) is 37.1 Å². The minimum Gasteiger partial charge on any atom is -0.477 e. The first-order valence-corrected chi connectivity index (χ1v) is 8.41. The Morgan fingerprint density at radius 2 is 1.75 bits per heavy atom. The third-order valence-electron chi connectivity index (χ3n) is 3.76. The van der Waals surface area contributed by atoms with Gasteiger partial charge in [-0.3, -0.25) is 14.6 Å². The number of rotatable bonds is 7. The molecule has 0 aliphatic rings. The zero-order valence-corrected chi connectivity index (χ0v) is 14.7. The Balaban J connectivity index is 1.61. The van der Waals surface area contributed by atoms with Gasteiger partial charge in [0.2, 0.25) is 5.91 Å². The highest BCUT2D eigenvalue weighted by atomic mass is 16.4. The Bertz CT molecular complexity index is 986. The topological polar surface area (TPSA) is 126 Å². The highest BCUT2D eigenvalue weighted by molar-refractivity contribution is 5.96. The minimum absolute atomic E-state index is 0.0456. The summed E-state index contributed by atoms with van der Waals surface area (Å²) < 4.78 is 1.19. The summed E-state index contributed by atoms with van der Waals surface area (Å²) in [6.07, 6.45) is 3.17. The van der Waals surface area contributed by atoms with E-state index in [0.29, 0.717) is 11.4 Å². The van der Waals surface area contributed by atoms with Crippen molar-refractivity contribution in [2.45, 2.75) is 6.42 Å². The van der Waals surface area contributed by atoms with E-state index < -0.39 is 11.9 Å². The number of carboxylic acids is 1. The maximum atomic E-state index is 12.3. The molecule has 3 aromatic rings. The second-order valence-electron chi connectivity index (χ2n) is 5.76. The average Bonchev–Trinajstić information content (AvgIpc) is 3.15. The van der Waals surface area contributed by atoms with Crippen molar-refractivity contribution in [2.75, 3.05) is 11.9 Å². The fourth-order valence-electron chi connectivity index (χ4n) is 2.45. The number of anilines is 1. The lowest BCUT2D eigenvalue weighted by atomic mass is 10.3. The number of aromatic nitrogens is 3. The number of nitrogens with one attached hydrogen (secondary N) is 2. The molecule has 0 unspecified atom stereocenters. The first-order chi connectivity index (χ1) is 13.5. The van der Waals surface area contributed by atoms with E-state index >= 15 is 0 Å². The molecule has 0 aliphatic heterocycles. The Morgan fingerprint density at radius 3 is 2.43 bits per heavy atom. The second-order valence-corrected chi connectivity index (χ2v) is 5.76. The van der Waals surface area contributed by atoms with Gasteiger partial charge in [0.05, 0.1) is 5.69 Å². The molecule has 9 heteroatoms. The summed E-state index contributed by atoms with van der Waals surface area (Å²) in [5.74, 6) is -2.03. The van der Waals surface area contributed by atoms with Crippen molar-refractivity contribution in [3.05, 3.63) is 72.3 Å². The van der Waals surface area contributed by atoms with Crippen molar-refractivity contribution < 1.29 is 19.5 Å². The van der Waals surface area contributed by atoms with E-state index in [1.165, 1.54) is 10.7 Å². The Morgan fingerprint density at radius 1 is 1.04 bits per heavy atom. The van der Waals surface area contributed by atoms with Crippen LogP contribution in [-0.4, -0.2) is 44.2 Å². The molecule has 0 saturated heterocycles. The van der Waals surface area contributed by atoms with Crippen molar-refractivity contribution >= 4 is 23.5 Å². The van der Waals surface area contributed by atoms with Crippen LogP contribution in [0.25, 0.3) is 5.69 Å². The summed E-state index contributed by atoms with van der Waals surface area (Å²) in [5.41, 5.74) is 0.956. The maximum Gasteiger partial charge on any atom is 0.354 e. The predicted molar refractivity (Wildman–Crippen MR) is 100 cm³/mol. The van der Waals surface area contributed by atoms with Crippen LogP contribution in [0.1, 0.15) is 27.4 Å². The summed E-state index contributed by atoms with van der Waals surface area (Å²) in [4.78, 5) is 39.5. The van der Waals surface area contributed by atoms with Crippen LogP contribution in [-0.2, 0) is 4.79 Å². The number of amides is 2. The third-order valence-corrected chi connectivity index (χ3v) is 3.76. The Labute approximate surface area is 160 Å². The molecule has 0 radical (unpaired) electrons. The smallest absolute Gasteiger partial charge is 0.354 e. The Hall–Kier alpha value is -4.01. The zero-order chi connectivity index (χ0) is 19.9. The van der Waals surface area contributed by atoms with Gasteiger partial charge in [-0.15, -0.1) is 0 Å². The molecule has 2 amide bonds. The standard InChI is InChI=1S/C19H17N5O4/c25-17(22-13-6-9-20-10-7-13)8-11-21-18(26)15-12-16(19(27)28)24(23-15)14-4-2-1-3-5-14/h1-7,9-10,12H,8,11H2,(H,21,26)(H,27,28)(H,20,22,25). The third kappa shape index (κ3) is 4.58. The van der Waals surface area contributed by atoms with Gasteiger partial charge in [-0.05, 0) is 24.3 Å². The number of aromatic carboxylic acids is 1. The number of hydrogen-bond donors (Lipinski definition) is 3. The molecule has 9 nitrogen and oxygen atoms in total. The van der Waals surface area contributed by atoms with Crippen LogP contribution < -0.4 is 10.6 Å². The van der Waals surface area contributed by atoms with E-state index in [-0.39, 0.29) is 30.3 Å². The summed E-state index contributed by atoms with van der Waals surface area (Å²) in [6, 6.07) is 13.1. The van der Waals surface area contributed by atoms with E-state index in [1.54, 1.807) is 54.9 Å². The molecular formula is C19H17N5O4. The molecule has 0 atom stereocenters. The first-order valence-electron chi connectivity index (χ1n) is 8.41. The SMILES string of the molecule is O=C(CCNC(=O)c1cc(C(=O)O)n(-c2ccccc2)n1)Nc1ccncc1. The molecule has 0 aliphatic carbocycles. The molecule has 0 bridgehead atoms. The van der Waals surface area contributed by atoms with Gasteiger partial charge in [-0.25, -0.2) is 9.48 Å². The number of carbonyl (C=O) groups is 3. The fourth-order valence-corrected chi connectivity index (χ4v) is 2.45. The number of carboxylic acid groups (broad SMARTS) is 1. The lowest BCUT2D eigenvalue weighted by Gasteiger charge is -2.05. The minimum atomic E-state index is -1.20. The lowest BCUT2D eigenvalue weighted by molar-refractivity contribution is -0.116. The largest absolute Gasteiger partial charge is 0.477 e. The summed E-state index contributed by atoms with van der Waals surface area (Å²) in [5, 5.41) is 18.7. The molecule has 3 N–H and O–H groups in total. The van der Waals surface area contributed by atoms with Crippen molar-refractivity contribution in [3.63, 3.8) is 0 Å². The van der Waals surface area contributed by atoms with Crippen LogP contribution in [0, 0.1) is 0 Å². The fraction of sp³-hybridized carbons (Fsp3) is 0.105. The van der Waals surface area contributed by atoms with Crippen molar-refractivity contribution in [1.29, 1.82) is 0 Å². The van der Waals surface area contributed by atoms with Crippen LogP contribution in [0.2, 0.25) is 0 Å². The molecule has 3 rings (SSSR count). The van der Waals surface area contributed by atoms with Crippen LogP contribution in [0.3, 0.4) is 0 Å². The molecule has 0 fully saturated rings. The number of nitrogens with zero attached hydrogens (tertiary/aromatic N) is 3. The van der Waals surface area contributed by atoms with Gasteiger partial charge in [-0.2, -0.15) is 5.10 Å². The van der Waals surface area contributed by atoms with Crippen molar-refractivity contribution in [1.82, 2.24) is 20.1 Å². The molecule has 2 aromatic heterocycles. The van der Waals surface area contributed by atoms with E-state index in [9.17, 15) is 19.5 Å². The summed E-state index contributed by atoms with van der Waals surface area (Å²) >= 11 is 0. The van der Waals surface area contributed by atoms with Crippen LogP contribution in [0.15, 0.2) is 60.9 Å². The lowest BCUT2D eigenvalue weighted by Crippen LogP contribution is -2.28. The van der Waals surface area contributed by atoms with Gasteiger partial charge in [-0.1, -0.05) is 18.2 Å². The van der Waals surface area contributed by atoms with Crippen LogP contribution in [0.5, 0.6) is 0 Å². The highest BCUT2D eigenvalue weighted by Crippen LogP contribution is 2.13. The Kier molecular flexibility index (Phi) is 5.75. The first kappa shape index (κ1) is 18.8. The molecule has 28 heavy (non-hydrogen) atoms. The van der Waals surface area contributed by atoms with Gasteiger partial charge < -0.3 is 15.7 Å². The molecule has 1 aromatic carbocycles. The quantitative estimate of drug-likeness (QED) is 0.574. The molecule has 2 heterocycles. The van der Waals surface area contributed by atoms with Gasteiger partial charge >= 0.3 is 5.97 Å². The van der Waals surface area contributed by atoms with Crippen molar-refractivity contribution in [2.24, 2.45) is 0 Å². The number of pyridine rings is 1. The number of para-hydroxylation sites is 1. The predicted octanol–water partition coefficient (Wildman–Crippen LogP) is 1.72. The van der Waals surface area contributed by atoms with E-state index in [0.717, 1.165) is 0 Å². The van der Waals surface area contributed by atoms with Crippen molar-refractivity contribution in [3.8, 4) is 5.69 Å². The number of carbonyl (C=O) groups excluding carboxylic acids is 2. The second kappa shape index (κ2) is 8.58. The van der Waals surface area contributed by atoms with Gasteiger partial charge in [0.15, 0.2) is 11.4 Å². The summed E-state index contributed by atoms with van der Waals surface area (Å²) in [7, 11) is 0. The number of benzene rings is 1. The van der Waals surface area contributed by atoms with E-state index in [1.807, 2.05) is 0 Å². The van der Waals surface area contributed by atoms with E-state index in [2.05, 4.69) is 20.7 Å². The van der Waals surface area contributed by atoms with Crippen LogP contribution in [0.4, 0.5) is 5.69 Å². The monoisotopic (exact) mass is 379 g/mol. The molecule has 0 saturated carbocycles. The molecule has 0 spiro atoms. The maximum absolute atomic E-state index is 12.3. The molecular weight excluding hydrogens is 362 g/mol. The zero-order valence-electron chi connectivity index (χ0n) is 14.7. The summed E-state index contributed by atoms with van der Waals surface area (Å²) in [6.45, 7) is 0.0797. The van der Waals surface area contributed by atoms with E-state index in [4.69, 9.17) is 0 Å².